The molecule has 0 bridgehead atoms. The zero-order valence-corrected chi connectivity index (χ0v) is 14.7. The second-order valence-corrected chi connectivity index (χ2v) is 8.52. The summed E-state index contributed by atoms with van der Waals surface area (Å²) in [4.78, 5) is 51.9. The standard InChI is InChI=1S/C12H19N3O8P2/c1-3-10(24(18,19)20)14-9(12(16)17)5-8-6-15(7-13-8)11(4-2)25(21,22)23/h3-4,6-7,9-11,14H,1-2,5H2,(H,16,17)(H2,18,19,20)(H2,21,22,23)/t9-,10?,11?/m0/s1. The summed E-state index contributed by atoms with van der Waals surface area (Å²) >= 11 is 0. The monoisotopic (exact) mass is 395 g/mol. The van der Waals surface area contributed by atoms with Gasteiger partial charge in [0.2, 0.25) is 0 Å². The van der Waals surface area contributed by atoms with E-state index in [1.54, 1.807) is 0 Å². The number of allylic oxidation sites excluding steroid dienone is 1. The number of hydrogen-bond acceptors (Lipinski definition) is 5. The van der Waals surface area contributed by atoms with E-state index >= 15 is 0 Å². The molecule has 0 fully saturated rings. The minimum Gasteiger partial charge on any atom is -0.480 e. The molecule has 0 spiro atoms. The van der Waals surface area contributed by atoms with E-state index in [0.717, 1.165) is 23.0 Å². The molecule has 6 N–H and O–H groups in total. The zero-order valence-electron chi connectivity index (χ0n) is 12.9. The molecule has 2 unspecified atom stereocenters. The van der Waals surface area contributed by atoms with Crippen LogP contribution in [0, 0.1) is 0 Å². The van der Waals surface area contributed by atoms with Crippen molar-refractivity contribution in [3.8, 4) is 0 Å². The summed E-state index contributed by atoms with van der Waals surface area (Å²) in [5.41, 5.74) is 0.147. The van der Waals surface area contributed by atoms with E-state index in [2.05, 4.69) is 23.5 Å². The van der Waals surface area contributed by atoms with Crippen LogP contribution < -0.4 is 5.32 Å². The van der Waals surface area contributed by atoms with Gasteiger partial charge in [-0.05, 0) is 0 Å². The Labute approximate surface area is 143 Å². The third kappa shape index (κ3) is 6.02. The Morgan fingerprint density at radius 1 is 1.24 bits per heavy atom. The van der Waals surface area contributed by atoms with Crippen molar-refractivity contribution in [3.05, 3.63) is 43.5 Å². The fourth-order valence-electron chi connectivity index (χ4n) is 2.00. The highest BCUT2D eigenvalue weighted by Crippen LogP contribution is 2.49. The van der Waals surface area contributed by atoms with E-state index in [1.165, 1.54) is 6.20 Å². The molecule has 25 heavy (non-hydrogen) atoms. The van der Waals surface area contributed by atoms with Crippen molar-refractivity contribution in [2.75, 3.05) is 0 Å². The van der Waals surface area contributed by atoms with E-state index in [0.29, 0.717) is 0 Å². The van der Waals surface area contributed by atoms with E-state index in [1.807, 2.05) is 0 Å². The molecule has 1 rings (SSSR count). The van der Waals surface area contributed by atoms with E-state index in [-0.39, 0.29) is 12.1 Å². The topological polar surface area (TPSA) is 182 Å². The molecular formula is C12H19N3O8P2. The maximum atomic E-state index is 11.4. The molecular weight excluding hydrogens is 376 g/mol. The van der Waals surface area contributed by atoms with Crippen LogP contribution in [0.3, 0.4) is 0 Å². The van der Waals surface area contributed by atoms with Crippen molar-refractivity contribution in [3.63, 3.8) is 0 Å². The molecule has 1 aromatic heterocycles. The van der Waals surface area contributed by atoms with Crippen LogP contribution in [0.4, 0.5) is 0 Å². The van der Waals surface area contributed by atoms with Crippen LogP contribution in [0.15, 0.2) is 37.8 Å². The lowest BCUT2D eigenvalue weighted by atomic mass is 10.1. The van der Waals surface area contributed by atoms with Crippen molar-refractivity contribution < 1.29 is 38.6 Å². The van der Waals surface area contributed by atoms with Gasteiger partial charge in [-0.25, -0.2) is 4.98 Å². The first-order chi connectivity index (χ1) is 11.4. The van der Waals surface area contributed by atoms with Crippen LogP contribution in [-0.2, 0) is 20.3 Å². The number of nitrogens with one attached hydrogen (secondary N) is 1. The Hall–Kier alpha value is -1.58. The summed E-state index contributed by atoms with van der Waals surface area (Å²) in [6, 6.07) is -1.41. The van der Waals surface area contributed by atoms with Crippen LogP contribution >= 0.6 is 15.2 Å². The number of rotatable bonds is 10. The quantitative estimate of drug-likeness (QED) is 0.233. The van der Waals surface area contributed by atoms with Gasteiger partial charge in [-0.15, -0.1) is 13.2 Å². The van der Waals surface area contributed by atoms with Gasteiger partial charge >= 0.3 is 21.2 Å². The highest BCUT2D eigenvalue weighted by Gasteiger charge is 2.32. The van der Waals surface area contributed by atoms with E-state index < -0.39 is 38.8 Å². The fourth-order valence-corrected chi connectivity index (χ4v) is 3.39. The molecule has 0 aliphatic rings. The second-order valence-electron chi connectivity index (χ2n) is 5.08. The molecule has 140 valence electrons. The molecule has 3 atom stereocenters. The fraction of sp³-hybridized carbons (Fsp3) is 0.333. The smallest absolute Gasteiger partial charge is 0.352 e. The van der Waals surface area contributed by atoms with Crippen molar-refractivity contribution in [1.29, 1.82) is 0 Å². The molecule has 0 radical (unpaired) electrons. The Kier molecular flexibility index (Phi) is 7.04. The SMILES string of the molecule is C=CC(N[C@@H](Cc1cn(C(C=C)P(=O)(O)O)cn1)C(=O)O)P(=O)(O)O. The van der Waals surface area contributed by atoms with Crippen molar-refractivity contribution in [1.82, 2.24) is 14.9 Å². The maximum Gasteiger partial charge on any atom is 0.352 e. The highest BCUT2D eigenvalue weighted by atomic mass is 31.2. The number of carboxylic acid groups (broad SMARTS) is 1. The summed E-state index contributed by atoms with van der Waals surface area (Å²) in [5, 5.41) is 11.5. The van der Waals surface area contributed by atoms with Crippen molar-refractivity contribution in [2.45, 2.75) is 24.0 Å². The minimum absolute atomic E-state index is 0.147. The van der Waals surface area contributed by atoms with Crippen LogP contribution in [0.5, 0.6) is 0 Å². The molecule has 11 nitrogen and oxygen atoms in total. The molecule has 1 heterocycles. The van der Waals surface area contributed by atoms with Gasteiger partial charge in [0.15, 0.2) is 5.78 Å². The van der Waals surface area contributed by atoms with Gasteiger partial charge < -0.3 is 29.2 Å². The Balaban J connectivity index is 2.99. The Bertz CT molecular complexity index is 736. The van der Waals surface area contributed by atoms with Crippen LogP contribution in [0.2, 0.25) is 0 Å². The third-order valence-electron chi connectivity index (χ3n) is 3.18. The molecule has 0 aliphatic carbocycles. The average molecular weight is 395 g/mol. The number of nitrogens with zero attached hydrogens (tertiary/aromatic N) is 2. The summed E-state index contributed by atoms with van der Waals surface area (Å²) in [6.07, 6.45) is 3.98. The second kappa shape index (κ2) is 8.20. The van der Waals surface area contributed by atoms with Gasteiger partial charge in [-0.3, -0.25) is 19.2 Å². The number of hydrogen-bond donors (Lipinski definition) is 6. The van der Waals surface area contributed by atoms with Gasteiger partial charge in [0.05, 0.1) is 12.0 Å². The lowest BCUT2D eigenvalue weighted by Gasteiger charge is -2.21. The summed E-state index contributed by atoms with van der Waals surface area (Å²) in [6.45, 7) is 6.58. The molecule has 0 saturated carbocycles. The first-order valence-electron chi connectivity index (χ1n) is 6.77. The Morgan fingerprint density at radius 2 is 1.84 bits per heavy atom. The Morgan fingerprint density at radius 3 is 2.24 bits per heavy atom. The van der Waals surface area contributed by atoms with E-state index in [9.17, 15) is 28.8 Å². The van der Waals surface area contributed by atoms with Gasteiger partial charge in [0.1, 0.15) is 11.8 Å². The average Bonchev–Trinajstić information content (AvgIpc) is 2.88. The largest absolute Gasteiger partial charge is 0.480 e. The summed E-state index contributed by atoms with van der Waals surface area (Å²) < 4.78 is 23.7. The number of carboxylic acids is 1. The normalized spacial score (nSPS) is 16.0. The zero-order chi connectivity index (χ0) is 19.4. The molecule has 0 aliphatic heterocycles. The van der Waals surface area contributed by atoms with Crippen LogP contribution in [0.25, 0.3) is 0 Å². The third-order valence-corrected chi connectivity index (χ3v) is 5.44. The molecule has 0 aromatic carbocycles. The van der Waals surface area contributed by atoms with Gasteiger partial charge in [0.25, 0.3) is 0 Å². The lowest BCUT2D eigenvalue weighted by molar-refractivity contribution is -0.139. The summed E-state index contributed by atoms with van der Waals surface area (Å²) in [5.74, 6) is -4.31. The molecule has 0 saturated heterocycles. The predicted octanol–water partition coefficient (Wildman–Crippen LogP) is 0.0205. The maximum absolute atomic E-state index is 11.4. The minimum atomic E-state index is -4.65. The molecule has 0 amide bonds. The number of imidazole rings is 1. The van der Waals surface area contributed by atoms with Crippen molar-refractivity contribution >= 4 is 21.2 Å². The van der Waals surface area contributed by atoms with Crippen LogP contribution in [-0.4, -0.2) is 52.0 Å². The summed E-state index contributed by atoms with van der Waals surface area (Å²) in [7, 11) is -9.18. The van der Waals surface area contributed by atoms with Gasteiger partial charge in [0, 0.05) is 12.6 Å². The van der Waals surface area contributed by atoms with Crippen LogP contribution in [0.1, 0.15) is 11.5 Å². The number of carbonyl (C=O) groups is 1. The molecule has 13 heteroatoms. The number of aliphatic carboxylic acids is 1. The van der Waals surface area contributed by atoms with Gasteiger partial charge in [-0.1, -0.05) is 12.2 Å². The first kappa shape index (κ1) is 21.5. The van der Waals surface area contributed by atoms with Crippen molar-refractivity contribution in [2.24, 2.45) is 0 Å². The van der Waals surface area contributed by atoms with E-state index in [4.69, 9.17) is 9.79 Å². The highest BCUT2D eigenvalue weighted by molar-refractivity contribution is 7.52. The first-order valence-corrected chi connectivity index (χ1v) is 10.1. The van der Waals surface area contributed by atoms with Gasteiger partial charge in [-0.2, -0.15) is 0 Å². The number of aromatic nitrogens is 2. The predicted molar refractivity (Wildman–Crippen MR) is 87.8 cm³/mol. The molecule has 1 aromatic rings. The lowest BCUT2D eigenvalue weighted by Crippen LogP contribution is -2.43.